The fraction of sp³-hybridized carbons (Fsp3) is 0.500. The molecule has 0 aromatic rings. The predicted molar refractivity (Wildman–Crippen MR) is 40.4 cm³/mol. The Hall–Kier alpha value is -0.840. The van der Waals surface area contributed by atoms with Crippen LogP contribution < -0.4 is 0 Å². The van der Waals surface area contributed by atoms with Crippen molar-refractivity contribution in [3.63, 3.8) is 0 Å². The van der Waals surface area contributed by atoms with Gasteiger partial charge in [-0.3, -0.25) is 4.79 Å². The molecule has 4 nitrogen and oxygen atoms in total. The molecule has 0 bridgehead atoms. The van der Waals surface area contributed by atoms with Gasteiger partial charge < -0.3 is 4.18 Å². The maximum Gasteiger partial charge on any atom is 0.305 e. The van der Waals surface area contributed by atoms with E-state index in [2.05, 4.69) is 4.18 Å². The molecular weight excluding hydrogens is 168 g/mol. The summed E-state index contributed by atoms with van der Waals surface area (Å²) in [6.45, 7) is 2.72. The van der Waals surface area contributed by atoms with Gasteiger partial charge in [0, 0.05) is 6.08 Å². The zero-order valence-electron chi connectivity index (χ0n) is 6.62. The Kier molecular flexibility index (Phi) is 3.25. The summed E-state index contributed by atoms with van der Waals surface area (Å²) in [4.78, 5) is 10.4. The van der Waals surface area contributed by atoms with Gasteiger partial charge in [0.2, 0.25) is 0 Å². The quantitative estimate of drug-likeness (QED) is 0.358. The highest BCUT2D eigenvalue weighted by atomic mass is 32.2. The van der Waals surface area contributed by atoms with Crippen LogP contribution in [0.5, 0.6) is 0 Å². The van der Waals surface area contributed by atoms with Crippen LogP contribution in [0.25, 0.3) is 0 Å². The molecule has 0 amide bonds. The fourth-order valence-electron chi connectivity index (χ4n) is 0.549. The summed E-state index contributed by atoms with van der Waals surface area (Å²) in [6.07, 6.45) is 2.03. The Balaban J connectivity index is 4.31. The van der Waals surface area contributed by atoms with Crippen molar-refractivity contribution in [1.82, 2.24) is 0 Å². The van der Waals surface area contributed by atoms with Gasteiger partial charge in [-0.2, -0.15) is 8.42 Å². The van der Waals surface area contributed by atoms with Crippen molar-refractivity contribution < 1.29 is 17.4 Å². The first-order chi connectivity index (χ1) is 4.81. The molecule has 5 heteroatoms. The predicted octanol–water partition coefficient (Wildman–Crippen LogP) is 0.455. The van der Waals surface area contributed by atoms with Crippen LogP contribution in [0.15, 0.2) is 11.8 Å². The Bertz CT molecular complexity index is 273. The van der Waals surface area contributed by atoms with E-state index in [0.717, 1.165) is 12.3 Å². The third kappa shape index (κ3) is 7.05. The maximum atomic E-state index is 10.4. The van der Waals surface area contributed by atoms with Gasteiger partial charge in [-0.05, 0) is 13.8 Å². The normalized spacial score (nSPS) is 12.8. The number of hydrogen-bond acceptors (Lipinski definition) is 4. The lowest BCUT2D eigenvalue weighted by Gasteiger charge is -1.99. The first-order valence-corrected chi connectivity index (χ1v) is 4.71. The maximum absolute atomic E-state index is 10.4. The summed E-state index contributed by atoms with van der Waals surface area (Å²) in [5, 5.41) is 0. The monoisotopic (exact) mass is 178 g/mol. The number of allylic oxidation sites excluding steroid dienone is 2. The van der Waals surface area contributed by atoms with E-state index in [0.29, 0.717) is 0 Å². The molecule has 0 saturated heterocycles. The van der Waals surface area contributed by atoms with E-state index in [4.69, 9.17) is 0 Å². The highest BCUT2D eigenvalue weighted by Gasteiger charge is 2.02. The zero-order valence-corrected chi connectivity index (χ0v) is 7.44. The second kappa shape index (κ2) is 3.52. The standard InChI is InChI=1S/C6H10O4S/c1-5(7)4-6(2)10-11(3,8)9/h4H,1-3H3/b6-4-. The minimum atomic E-state index is -3.49. The van der Waals surface area contributed by atoms with Crippen LogP contribution in [-0.4, -0.2) is 20.5 Å². The molecule has 0 aliphatic rings. The van der Waals surface area contributed by atoms with Crippen LogP contribution in [-0.2, 0) is 19.1 Å². The molecular formula is C6H10O4S. The minimum absolute atomic E-state index is 0.0833. The van der Waals surface area contributed by atoms with Crippen molar-refractivity contribution in [2.75, 3.05) is 6.26 Å². The molecule has 0 rings (SSSR count). The summed E-state index contributed by atoms with van der Waals surface area (Å²) in [5.74, 6) is -0.161. The highest BCUT2D eigenvalue weighted by molar-refractivity contribution is 7.86. The van der Waals surface area contributed by atoms with Gasteiger partial charge in [0.15, 0.2) is 5.78 Å². The molecule has 0 unspecified atom stereocenters. The van der Waals surface area contributed by atoms with Crippen molar-refractivity contribution in [3.05, 3.63) is 11.8 Å². The molecule has 11 heavy (non-hydrogen) atoms. The summed E-state index contributed by atoms with van der Waals surface area (Å²) in [6, 6.07) is 0. The van der Waals surface area contributed by atoms with E-state index in [9.17, 15) is 13.2 Å². The smallest absolute Gasteiger partial charge is 0.305 e. The summed E-state index contributed by atoms with van der Waals surface area (Å²) in [7, 11) is -3.49. The number of ketones is 1. The third-order valence-corrected chi connectivity index (χ3v) is 1.25. The first kappa shape index (κ1) is 10.2. The molecule has 0 atom stereocenters. The van der Waals surface area contributed by atoms with Crippen LogP contribution in [0, 0.1) is 0 Å². The topological polar surface area (TPSA) is 60.4 Å². The summed E-state index contributed by atoms with van der Waals surface area (Å²) in [5.41, 5.74) is 0. The van der Waals surface area contributed by atoms with Gasteiger partial charge in [0.1, 0.15) is 5.76 Å². The number of carbonyl (C=O) groups excluding carboxylic acids is 1. The lowest BCUT2D eigenvalue weighted by molar-refractivity contribution is -0.112. The molecule has 0 aromatic carbocycles. The molecule has 0 aliphatic carbocycles. The molecule has 0 spiro atoms. The summed E-state index contributed by atoms with van der Waals surface area (Å²) >= 11 is 0. The molecule has 0 fully saturated rings. The lowest BCUT2D eigenvalue weighted by Crippen LogP contribution is -2.01. The molecule has 64 valence electrons. The van der Waals surface area contributed by atoms with Crippen molar-refractivity contribution in [1.29, 1.82) is 0 Å². The van der Waals surface area contributed by atoms with E-state index >= 15 is 0 Å². The van der Waals surface area contributed by atoms with Gasteiger partial charge in [-0.1, -0.05) is 0 Å². The van der Waals surface area contributed by atoms with Gasteiger partial charge >= 0.3 is 10.1 Å². The highest BCUT2D eigenvalue weighted by Crippen LogP contribution is 2.00. The average molecular weight is 178 g/mol. The molecule has 0 N–H and O–H groups in total. The molecule has 0 aliphatic heterocycles. The lowest BCUT2D eigenvalue weighted by atomic mass is 10.4. The van der Waals surface area contributed by atoms with Crippen molar-refractivity contribution in [2.45, 2.75) is 13.8 Å². The molecule has 0 heterocycles. The molecule has 0 aromatic heterocycles. The molecule has 0 radical (unpaired) electrons. The Labute approximate surface area is 66.0 Å². The second-order valence-electron chi connectivity index (χ2n) is 2.15. The van der Waals surface area contributed by atoms with Crippen molar-refractivity contribution in [2.24, 2.45) is 0 Å². The Morgan fingerprint density at radius 3 is 2.09 bits per heavy atom. The molecule has 0 saturated carbocycles. The minimum Gasteiger partial charge on any atom is -0.387 e. The third-order valence-electron chi connectivity index (χ3n) is 0.689. The van der Waals surface area contributed by atoms with Crippen LogP contribution in [0.4, 0.5) is 0 Å². The van der Waals surface area contributed by atoms with E-state index in [1.165, 1.54) is 13.8 Å². The summed E-state index contributed by atoms with van der Waals surface area (Å²) < 4.78 is 25.3. The van der Waals surface area contributed by atoms with Gasteiger partial charge in [0.05, 0.1) is 6.26 Å². The van der Waals surface area contributed by atoms with Crippen LogP contribution in [0.1, 0.15) is 13.8 Å². The van der Waals surface area contributed by atoms with Crippen molar-refractivity contribution in [3.8, 4) is 0 Å². The largest absolute Gasteiger partial charge is 0.387 e. The Morgan fingerprint density at radius 2 is 1.82 bits per heavy atom. The van der Waals surface area contributed by atoms with E-state index in [-0.39, 0.29) is 11.5 Å². The van der Waals surface area contributed by atoms with Crippen LogP contribution in [0.2, 0.25) is 0 Å². The number of rotatable bonds is 3. The van der Waals surface area contributed by atoms with Gasteiger partial charge in [-0.15, -0.1) is 0 Å². The average Bonchev–Trinajstić information content (AvgIpc) is 1.53. The van der Waals surface area contributed by atoms with Gasteiger partial charge in [-0.25, -0.2) is 0 Å². The zero-order chi connectivity index (χ0) is 9.07. The number of hydrogen-bond donors (Lipinski definition) is 0. The van der Waals surface area contributed by atoms with Crippen LogP contribution >= 0.6 is 0 Å². The fourth-order valence-corrected chi connectivity index (χ4v) is 1.07. The van der Waals surface area contributed by atoms with E-state index in [1.807, 2.05) is 0 Å². The Morgan fingerprint density at radius 1 is 1.36 bits per heavy atom. The van der Waals surface area contributed by atoms with E-state index < -0.39 is 10.1 Å². The second-order valence-corrected chi connectivity index (χ2v) is 3.73. The van der Waals surface area contributed by atoms with Crippen molar-refractivity contribution >= 4 is 15.9 Å². The first-order valence-electron chi connectivity index (χ1n) is 2.89. The number of carbonyl (C=O) groups is 1. The SMILES string of the molecule is CC(=O)/C=C(/C)OS(C)(=O)=O. The van der Waals surface area contributed by atoms with Gasteiger partial charge in [0.25, 0.3) is 0 Å². The van der Waals surface area contributed by atoms with E-state index in [1.54, 1.807) is 0 Å². The van der Waals surface area contributed by atoms with Crippen LogP contribution in [0.3, 0.4) is 0 Å².